The summed E-state index contributed by atoms with van der Waals surface area (Å²) in [6.07, 6.45) is 3.72. The van der Waals surface area contributed by atoms with Crippen LogP contribution in [-0.2, 0) is 16.1 Å². The molecule has 1 amide bonds. The van der Waals surface area contributed by atoms with Gasteiger partial charge in [0.1, 0.15) is 21.8 Å². The van der Waals surface area contributed by atoms with Gasteiger partial charge < -0.3 is 9.64 Å². The molecule has 2 saturated heterocycles. The molecule has 0 saturated carbocycles. The number of hydrogen-bond acceptors (Lipinski definition) is 7. The number of aromatic nitrogens is 1. The first-order valence-electron chi connectivity index (χ1n) is 11.4. The van der Waals surface area contributed by atoms with Crippen LogP contribution in [0.2, 0.25) is 0 Å². The van der Waals surface area contributed by atoms with Crippen molar-refractivity contribution in [2.75, 3.05) is 38.3 Å². The highest BCUT2D eigenvalue weighted by molar-refractivity contribution is 8.26. The Morgan fingerprint density at radius 1 is 1.24 bits per heavy atom. The minimum atomic E-state index is -0.262. The molecule has 0 radical (unpaired) electrons. The van der Waals surface area contributed by atoms with Gasteiger partial charge in [0.05, 0.1) is 18.1 Å². The first-order chi connectivity index (χ1) is 15.7. The summed E-state index contributed by atoms with van der Waals surface area (Å²) < 4.78 is 7.34. The van der Waals surface area contributed by atoms with Crippen molar-refractivity contribution < 1.29 is 9.53 Å². The van der Waals surface area contributed by atoms with E-state index in [-0.39, 0.29) is 17.0 Å². The first-order valence-corrected chi connectivity index (χ1v) is 12.6. The number of carbonyl (C=O) groups is 1. The van der Waals surface area contributed by atoms with Crippen molar-refractivity contribution in [2.45, 2.75) is 47.1 Å². The van der Waals surface area contributed by atoms with Gasteiger partial charge in [-0.05, 0) is 43.2 Å². The smallest absolute Gasteiger partial charge is 0.270 e. The van der Waals surface area contributed by atoms with Crippen molar-refractivity contribution in [2.24, 2.45) is 11.8 Å². The molecule has 2 unspecified atom stereocenters. The quantitative estimate of drug-likeness (QED) is 0.427. The maximum Gasteiger partial charge on any atom is 0.270 e. The van der Waals surface area contributed by atoms with Crippen LogP contribution in [0.4, 0.5) is 5.82 Å². The number of rotatable bonds is 7. The van der Waals surface area contributed by atoms with E-state index in [1.807, 2.05) is 13.0 Å². The fourth-order valence-electron chi connectivity index (χ4n) is 4.76. The molecular weight excluding hydrogens is 456 g/mol. The van der Waals surface area contributed by atoms with Gasteiger partial charge in [-0.1, -0.05) is 44.8 Å². The topological polar surface area (TPSA) is 78.6 Å². The predicted molar refractivity (Wildman–Crippen MR) is 137 cm³/mol. The minimum Gasteiger partial charge on any atom is -0.383 e. The number of methoxy groups -OCH3 is 1. The molecule has 1 aromatic heterocycles. The normalized spacial score (nSPS) is 22.4. The lowest BCUT2D eigenvalue weighted by molar-refractivity contribution is -0.122. The molecule has 2 fully saturated rings. The van der Waals surface area contributed by atoms with E-state index in [1.165, 1.54) is 11.8 Å². The van der Waals surface area contributed by atoms with E-state index in [4.69, 9.17) is 17.0 Å². The predicted octanol–water partition coefficient (Wildman–Crippen LogP) is 3.77. The number of ether oxygens (including phenoxy) is 1. The molecule has 3 heterocycles. The second-order valence-corrected chi connectivity index (χ2v) is 10.7. The highest BCUT2D eigenvalue weighted by atomic mass is 32.2. The van der Waals surface area contributed by atoms with E-state index in [1.54, 1.807) is 23.5 Å². The van der Waals surface area contributed by atoms with Crippen LogP contribution in [0.5, 0.6) is 0 Å². The summed E-state index contributed by atoms with van der Waals surface area (Å²) in [5, 5.41) is 9.78. The molecule has 178 valence electrons. The zero-order chi connectivity index (χ0) is 24.3. The fourth-order valence-corrected chi connectivity index (χ4v) is 6.05. The zero-order valence-corrected chi connectivity index (χ0v) is 21.6. The summed E-state index contributed by atoms with van der Waals surface area (Å²) in [5.41, 5.74) is 1.24. The lowest BCUT2D eigenvalue weighted by atomic mass is 9.91. The van der Waals surface area contributed by atoms with Crippen LogP contribution in [-0.4, -0.2) is 53.0 Å². The average Bonchev–Trinajstić information content (AvgIpc) is 3.02. The van der Waals surface area contributed by atoms with Gasteiger partial charge in [-0.25, -0.2) is 0 Å². The third-order valence-corrected chi connectivity index (χ3v) is 7.51. The minimum absolute atomic E-state index is 0.131. The summed E-state index contributed by atoms with van der Waals surface area (Å²) >= 11 is 6.69. The molecule has 33 heavy (non-hydrogen) atoms. The molecule has 0 aliphatic carbocycles. The van der Waals surface area contributed by atoms with Crippen molar-refractivity contribution in [3.8, 4) is 6.07 Å². The molecule has 9 heteroatoms. The van der Waals surface area contributed by atoms with E-state index < -0.39 is 0 Å². The Balaban J connectivity index is 2.22. The van der Waals surface area contributed by atoms with Gasteiger partial charge in [-0.2, -0.15) is 5.26 Å². The Morgan fingerprint density at radius 2 is 1.91 bits per heavy atom. The van der Waals surface area contributed by atoms with Gasteiger partial charge in [-0.3, -0.25) is 19.1 Å². The summed E-state index contributed by atoms with van der Waals surface area (Å²) in [6, 6.07) is 2.11. The van der Waals surface area contributed by atoms with Gasteiger partial charge in [0.15, 0.2) is 0 Å². The number of pyridine rings is 1. The number of nitriles is 1. The fraction of sp³-hybridized carbons (Fsp3) is 0.583. The Labute approximate surface area is 205 Å². The molecule has 0 spiro atoms. The Bertz CT molecular complexity index is 1060. The molecule has 1 aromatic rings. The van der Waals surface area contributed by atoms with Crippen molar-refractivity contribution in [1.82, 2.24) is 9.47 Å². The van der Waals surface area contributed by atoms with Crippen LogP contribution in [0.25, 0.3) is 6.08 Å². The summed E-state index contributed by atoms with van der Waals surface area (Å²) in [6.45, 7) is 11.2. The number of hydrogen-bond donors (Lipinski definition) is 0. The number of amides is 1. The van der Waals surface area contributed by atoms with Crippen molar-refractivity contribution >= 4 is 46.1 Å². The van der Waals surface area contributed by atoms with E-state index in [2.05, 4.69) is 24.8 Å². The third-order valence-electron chi connectivity index (χ3n) is 6.13. The Kier molecular flexibility index (Phi) is 8.38. The van der Waals surface area contributed by atoms with Gasteiger partial charge in [0.25, 0.3) is 11.5 Å². The number of carbonyl (C=O) groups excluding carboxylic acids is 1. The van der Waals surface area contributed by atoms with Gasteiger partial charge >= 0.3 is 0 Å². The van der Waals surface area contributed by atoms with Crippen LogP contribution < -0.4 is 10.5 Å². The molecule has 0 bridgehead atoms. The number of piperidine rings is 1. The van der Waals surface area contributed by atoms with Crippen LogP contribution in [0, 0.1) is 30.1 Å². The maximum absolute atomic E-state index is 13.3. The molecule has 7 nitrogen and oxygen atoms in total. The molecular formula is C24H32N4O3S2. The maximum atomic E-state index is 13.3. The highest BCUT2D eigenvalue weighted by Gasteiger charge is 2.34. The van der Waals surface area contributed by atoms with E-state index >= 15 is 0 Å². The van der Waals surface area contributed by atoms with Crippen molar-refractivity contribution in [1.29, 1.82) is 5.26 Å². The van der Waals surface area contributed by atoms with Gasteiger partial charge in [0.2, 0.25) is 0 Å². The molecule has 0 aromatic carbocycles. The van der Waals surface area contributed by atoms with Crippen LogP contribution >= 0.6 is 24.0 Å². The molecule has 2 atom stereocenters. The third kappa shape index (κ3) is 5.18. The van der Waals surface area contributed by atoms with Gasteiger partial charge in [0, 0.05) is 32.3 Å². The molecule has 3 rings (SSSR count). The summed E-state index contributed by atoms with van der Waals surface area (Å²) in [4.78, 5) is 30.7. The van der Waals surface area contributed by atoms with Crippen LogP contribution in [0.15, 0.2) is 9.70 Å². The zero-order valence-electron chi connectivity index (χ0n) is 20.0. The monoisotopic (exact) mass is 488 g/mol. The number of thiocarbonyl (C=S) groups is 1. The van der Waals surface area contributed by atoms with Crippen LogP contribution in [0.3, 0.4) is 0 Å². The van der Waals surface area contributed by atoms with E-state index in [9.17, 15) is 14.9 Å². The summed E-state index contributed by atoms with van der Waals surface area (Å²) in [5.74, 6) is 1.60. The molecule has 2 aliphatic heterocycles. The highest BCUT2D eigenvalue weighted by Crippen LogP contribution is 2.37. The SMILES string of the molecule is CCCn1c(N2CC(C)CC(C)C2)c(/C=C2\SC(=S)N(CCOC)C2=O)c(C)c(C#N)c1=O. The molecule has 2 aliphatic rings. The largest absolute Gasteiger partial charge is 0.383 e. The van der Waals surface area contributed by atoms with E-state index in [0.29, 0.717) is 46.3 Å². The number of nitrogens with zero attached hydrogens (tertiary/aromatic N) is 4. The average molecular weight is 489 g/mol. The lowest BCUT2D eigenvalue weighted by Crippen LogP contribution is -2.43. The Hall–Kier alpha value is -2.15. The van der Waals surface area contributed by atoms with E-state index in [0.717, 1.165) is 37.3 Å². The Morgan fingerprint density at radius 3 is 2.48 bits per heavy atom. The second-order valence-electron chi connectivity index (χ2n) is 8.98. The second kappa shape index (κ2) is 10.9. The van der Waals surface area contributed by atoms with Crippen LogP contribution in [0.1, 0.15) is 50.3 Å². The van der Waals surface area contributed by atoms with Crippen molar-refractivity contribution in [3.05, 3.63) is 31.9 Å². The molecule has 0 N–H and O–H groups in total. The van der Waals surface area contributed by atoms with Gasteiger partial charge in [-0.15, -0.1) is 0 Å². The number of anilines is 1. The standard InChI is InChI=1S/C24H32N4O3S2/c1-6-7-27-21(26-13-15(2)10-16(3)14-26)18(17(4)19(12-25)22(27)29)11-20-23(30)28(8-9-31-5)24(32)33-20/h11,15-16H,6-10,13-14H2,1-5H3/b20-11-. The number of thioether (sulfide) groups is 1. The lowest BCUT2D eigenvalue weighted by Gasteiger charge is -2.39. The first kappa shape index (κ1) is 25.5. The van der Waals surface area contributed by atoms with Crippen molar-refractivity contribution in [3.63, 3.8) is 0 Å². The summed E-state index contributed by atoms with van der Waals surface area (Å²) in [7, 11) is 1.59.